The molecule has 36 heavy (non-hydrogen) atoms. The van der Waals surface area contributed by atoms with Crippen LogP contribution in [0.1, 0.15) is 48.3 Å². The predicted octanol–water partition coefficient (Wildman–Crippen LogP) is 3.35. The number of aromatic nitrogens is 3. The maximum Gasteiger partial charge on any atom is 0.256 e. The second-order valence-corrected chi connectivity index (χ2v) is 12.3. The van der Waals surface area contributed by atoms with Gasteiger partial charge in [0.2, 0.25) is 10.0 Å². The number of halogens is 2. The fourth-order valence-electron chi connectivity index (χ4n) is 4.89. The average Bonchev–Trinajstić information content (AvgIpc) is 3.20. The molecule has 0 radical (unpaired) electrons. The van der Waals surface area contributed by atoms with Crippen LogP contribution in [-0.2, 0) is 10.0 Å². The molecule has 2 aromatic heterocycles. The molecule has 2 aliphatic heterocycles. The van der Waals surface area contributed by atoms with E-state index in [-0.39, 0.29) is 23.2 Å². The lowest BCUT2D eigenvalue weighted by Gasteiger charge is -2.45. The van der Waals surface area contributed by atoms with E-state index in [1.807, 2.05) is 11.0 Å². The highest BCUT2D eigenvalue weighted by Crippen LogP contribution is 2.36. The number of piperidine rings is 1. The van der Waals surface area contributed by atoms with Gasteiger partial charge in [-0.25, -0.2) is 13.4 Å². The Hall–Kier alpha value is -2.60. The van der Waals surface area contributed by atoms with Crippen molar-refractivity contribution in [1.82, 2.24) is 19.5 Å². The number of rotatable bonds is 5. The molecule has 3 aromatic rings. The Bertz CT molecular complexity index is 1450. The molecule has 1 atom stereocenters. The molecule has 0 saturated carbocycles. The minimum absolute atomic E-state index is 0.173. The third-order valence-corrected chi connectivity index (χ3v) is 7.41. The molecular formula is C23H26Cl2N6O4S. The number of carbonyl (C=O) groups is 1. The van der Waals surface area contributed by atoms with Crippen molar-refractivity contribution in [2.75, 3.05) is 35.5 Å². The number of benzene rings is 1. The third-order valence-electron chi connectivity index (χ3n) is 6.40. The van der Waals surface area contributed by atoms with Crippen molar-refractivity contribution in [3.63, 3.8) is 0 Å². The molecule has 0 spiro atoms. The van der Waals surface area contributed by atoms with Gasteiger partial charge in [-0.15, -0.1) is 0 Å². The number of aliphatic hydroxyl groups is 1. The summed E-state index contributed by atoms with van der Waals surface area (Å²) < 4.78 is 27.9. The van der Waals surface area contributed by atoms with Gasteiger partial charge >= 0.3 is 0 Å². The quantitative estimate of drug-likeness (QED) is 0.465. The van der Waals surface area contributed by atoms with Crippen molar-refractivity contribution in [1.29, 1.82) is 0 Å². The van der Waals surface area contributed by atoms with Crippen LogP contribution in [0.4, 0.5) is 11.5 Å². The van der Waals surface area contributed by atoms with Crippen LogP contribution in [0, 0.1) is 0 Å². The number of nitrogens with one attached hydrogen (secondary N) is 1. The SMILES string of the molecule is CC1(O)CN(c2cc(Cl)nc3cc(C4CCCCN4C(=O)c4cc(Cl)ccc4NS(C)(=O)=O)nn23)C1. The van der Waals surface area contributed by atoms with Crippen molar-refractivity contribution >= 4 is 56.3 Å². The van der Waals surface area contributed by atoms with E-state index in [0.717, 1.165) is 19.1 Å². The first-order chi connectivity index (χ1) is 16.9. The Kier molecular flexibility index (Phi) is 6.30. The predicted molar refractivity (Wildman–Crippen MR) is 138 cm³/mol. The summed E-state index contributed by atoms with van der Waals surface area (Å²) in [6, 6.07) is 7.68. The number of carbonyl (C=O) groups excluding carboxylic acids is 1. The van der Waals surface area contributed by atoms with E-state index in [1.165, 1.54) is 18.2 Å². The molecule has 4 heterocycles. The number of sulfonamides is 1. The summed E-state index contributed by atoms with van der Waals surface area (Å²) in [6.45, 7) is 3.14. The summed E-state index contributed by atoms with van der Waals surface area (Å²) in [5.41, 5.74) is 0.768. The van der Waals surface area contributed by atoms with Crippen LogP contribution in [0.25, 0.3) is 5.65 Å². The summed E-state index contributed by atoms with van der Waals surface area (Å²) in [5.74, 6) is 0.376. The van der Waals surface area contributed by atoms with Gasteiger partial charge < -0.3 is 14.9 Å². The first kappa shape index (κ1) is 25.1. The lowest BCUT2D eigenvalue weighted by molar-refractivity contribution is 0.0302. The fraction of sp³-hybridized carbons (Fsp3) is 0.435. The Morgan fingerprint density at radius 2 is 1.94 bits per heavy atom. The first-order valence-electron chi connectivity index (χ1n) is 11.5. The maximum atomic E-state index is 13.7. The normalized spacial score (nSPS) is 19.9. The van der Waals surface area contributed by atoms with Crippen molar-refractivity contribution in [3.8, 4) is 0 Å². The smallest absolute Gasteiger partial charge is 0.256 e. The summed E-state index contributed by atoms with van der Waals surface area (Å²) >= 11 is 12.5. The van der Waals surface area contributed by atoms with Crippen LogP contribution in [0.3, 0.4) is 0 Å². The molecule has 1 unspecified atom stereocenters. The van der Waals surface area contributed by atoms with Gasteiger partial charge in [0, 0.05) is 36.8 Å². The van der Waals surface area contributed by atoms with Crippen LogP contribution in [0.15, 0.2) is 30.3 Å². The highest BCUT2D eigenvalue weighted by Gasteiger charge is 2.38. The molecule has 2 fully saturated rings. The number of likely N-dealkylation sites (tertiary alicyclic amines) is 1. The largest absolute Gasteiger partial charge is 0.386 e. The van der Waals surface area contributed by atoms with E-state index < -0.39 is 15.6 Å². The Labute approximate surface area is 218 Å². The van der Waals surface area contributed by atoms with Crippen molar-refractivity contribution in [2.24, 2.45) is 0 Å². The van der Waals surface area contributed by atoms with E-state index >= 15 is 0 Å². The van der Waals surface area contributed by atoms with Gasteiger partial charge in [-0.1, -0.05) is 23.2 Å². The van der Waals surface area contributed by atoms with Crippen LogP contribution in [0.5, 0.6) is 0 Å². The highest BCUT2D eigenvalue weighted by atomic mass is 35.5. The van der Waals surface area contributed by atoms with Crippen molar-refractivity contribution in [2.45, 2.75) is 37.8 Å². The summed E-state index contributed by atoms with van der Waals surface area (Å²) in [4.78, 5) is 21.8. The van der Waals surface area contributed by atoms with Gasteiger partial charge in [0.25, 0.3) is 5.91 Å². The molecule has 1 aromatic carbocycles. The zero-order chi connectivity index (χ0) is 25.8. The topological polar surface area (TPSA) is 120 Å². The molecule has 2 N–H and O–H groups in total. The molecular weight excluding hydrogens is 527 g/mol. The minimum atomic E-state index is -3.60. The monoisotopic (exact) mass is 552 g/mol. The second-order valence-electron chi connectivity index (χ2n) is 9.70. The Morgan fingerprint density at radius 3 is 2.64 bits per heavy atom. The van der Waals surface area contributed by atoms with Crippen LogP contribution in [0.2, 0.25) is 10.2 Å². The molecule has 13 heteroatoms. The Morgan fingerprint density at radius 1 is 1.19 bits per heavy atom. The number of fused-ring (bicyclic) bond motifs is 1. The van der Waals surface area contributed by atoms with Crippen LogP contribution in [-0.4, -0.2) is 70.4 Å². The van der Waals surface area contributed by atoms with Gasteiger partial charge in [0.15, 0.2) is 5.65 Å². The molecule has 2 aliphatic rings. The van der Waals surface area contributed by atoms with E-state index in [4.69, 9.17) is 28.3 Å². The first-order valence-corrected chi connectivity index (χ1v) is 14.2. The van der Waals surface area contributed by atoms with Gasteiger partial charge in [-0.2, -0.15) is 9.61 Å². The minimum Gasteiger partial charge on any atom is -0.386 e. The number of anilines is 2. The molecule has 2 saturated heterocycles. The van der Waals surface area contributed by atoms with E-state index in [2.05, 4.69) is 9.71 Å². The molecule has 1 amide bonds. The van der Waals surface area contributed by atoms with Crippen LogP contribution >= 0.6 is 23.2 Å². The number of hydrogen-bond donors (Lipinski definition) is 2. The van der Waals surface area contributed by atoms with Gasteiger partial charge in [0.05, 0.1) is 34.8 Å². The second kappa shape index (κ2) is 9.05. The maximum absolute atomic E-state index is 13.7. The number of hydrogen-bond acceptors (Lipinski definition) is 7. The fourth-order valence-corrected chi connectivity index (χ4v) is 5.83. The number of amides is 1. The summed E-state index contributed by atoms with van der Waals surface area (Å²) in [5, 5.41) is 15.6. The molecule has 10 nitrogen and oxygen atoms in total. The number of nitrogens with zero attached hydrogens (tertiary/aromatic N) is 5. The highest BCUT2D eigenvalue weighted by molar-refractivity contribution is 7.92. The zero-order valence-corrected chi connectivity index (χ0v) is 22.1. The van der Waals surface area contributed by atoms with E-state index in [0.29, 0.717) is 53.4 Å². The standard InChI is InChI=1S/C23H26Cl2N6O4S/c1-23(33)12-29(13-23)21-11-19(25)26-20-10-17(27-31(20)21)18-5-3-4-8-30(18)22(32)15-9-14(24)6-7-16(15)28-36(2,34)35/h6-7,9-11,18,28,33H,3-5,8,12-13H2,1-2H3. The lowest BCUT2D eigenvalue weighted by Crippen LogP contribution is -2.60. The lowest BCUT2D eigenvalue weighted by atomic mass is 9.97. The third kappa shape index (κ3) is 4.97. The molecule has 0 bridgehead atoms. The van der Waals surface area contributed by atoms with Gasteiger partial charge in [-0.3, -0.25) is 9.52 Å². The molecule has 5 rings (SSSR count). The van der Waals surface area contributed by atoms with Crippen molar-refractivity contribution < 1.29 is 18.3 Å². The molecule has 0 aliphatic carbocycles. The van der Waals surface area contributed by atoms with E-state index in [9.17, 15) is 18.3 Å². The Balaban J connectivity index is 1.52. The molecule has 192 valence electrons. The summed E-state index contributed by atoms with van der Waals surface area (Å²) in [7, 11) is -3.60. The van der Waals surface area contributed by atoms with Crippen LogP contribution < -0.4 is 9.62 Å². The van der Waals surface area contributed by atoms with E-state index in [1.54, 1.807) is 22.4 Å². The average molecular weight is 553 g/mol. The van der Waals surface area contributed by atoms with Crippen molar-refractivity contribution in [3.05, 3.63) is 51.8 Å². The summed E-state index contributed by atoms with van der Waals surface area (Å²) in [6.07, 6.45) is 3.43. The number of β-amino-alcohol motifs (C(OH)–C–C–N with tert-alkyl or cyclic N) is 1. The zero-order valence-electron chi connectivity index (χ0n) is 19.8. The van der Waals surface area contributed by atoms with Gasteiger partial charge in [0.1, 0.15) is 11.0 Å². The van der Waals surface area contributed by atoms with Gasteiger partial charge in [-0.05, 0) is 44.4 Å².